The van der Waals surface area contributed by atoms with Crippen LogP contribution in [0.15, 0.2) is 35.3 Å². The number of nitrogens with one attached hydrogen (secondary N) is 3. The monoisotopic (exact) mass is 1400 g/mol. The number of hydrogen-bond donors (Lipinski definition) is 9. The van der Waals surface area contributed by atoms with Crippen molar-refractivity contribution >= 4 is 81.6 Å². The average molecular weight is 1400 g/mol. The number of aliphatic hydroxyl groups is 6. The maximum absolute atomic E-state index is 15.6. The van der Waals surface area contributed by atoms with E-state index in [1.54, 1.807) is 45.3 Å². The van der Waals surface area contributed by atoms with Crippen LogP contribution in [0.5, 0.6) is 0 Å². The fourth-order valence-corrected chi connectivity index (χ4v) is 14.6. The number of aliphatic hydroxyl groups excluding tert-OH is 5. The number of ether oxygens (including phenoxy) is 2. The van der Waals surface area contributed by atoms with Gasteiger partial charge in [0.25, 0.3) is 17.4 Å². The van der Waals surface area contributed by atoms with Crippen LogP contribution in [0.3, 0.4) is 0 Å². The molecular formula is C70H94FN7O20S. The number of halogens is 1. The maximum Gasteiger partial charge on any atom is 0.336 e. The van der Waals surface area contributed by atoms with E-state index in [1.165, 1.54) is 22.7 Å². The van der Waals surface area contributed by atoms with E-state index >= 15 is 4.39 Å². The van der Waals surface area contributed by atoms with Gasteiger partial charge in [0.15, 0.2) is 5.78 Å². The van der Waals surface area contributed by atoms with Crippen molar-refractivity contribution in [3.8, 4) is 11.4 Å². The molecule has 4 aliphatic heterocycles. The van der Waals surface area contributed by atoms with Gasteiger partial charge in [0.05, 0.1) is 58.9 Å². The number of amides is 7. The molecule has 1 aromatic carbocycles. The quantitative estimate of drug-likeness (QED) is 0.0177. The number of nitrogens with zero attached hydrogens (tertiary/aromatic N) is 4. The number of fused-ring (bicyclic) bond motifs is 5. The summed E-state index contributed by atoms with van der Waals surface area (Å²) in [5, 5.41) is 69.5. The number of unbranched alkanes of at least 4 members (excludes halogenated alkanes) is 3. The molecule has 2 saturated heterocycles. The zero-order chi connectivity index (χ0) is 72.2. The Kier molecular flexibility index (Phi) is 27.2. The molecule has 27 nitrogen and oxygen atoms in total. The summed E-state index contributed by atoms with van der Waals surface area (Å²) in [6.45, 7) is 11.3. The molecule has 99 heavy (non-hydrogen) atoms. The Labute approximate surface area is 577 Å². The van der Waals surface area contributed by atoms with Crippen LogP contribution in [0.4, 0.5) is 4.39 Å². The lowest BCUT2D eigenvalue weighted by Crippen LogP contribution is -2.49. The van der Waals surface area contributed by atoms with Gasteiger partial charge in [0.1, 0.15) is 54.6 Å². The minimum Gasteiger partial charge on any atom is -0.490 e. The number of hydrogen-bond acceptors (Lipinski definition) is 22. The Hall–Kier alpha value is -7.38. The number of benzene rings is 1. The summed E-state index contributed by atoms with van der Waals surface area (Å²) in [5.41, 5.74) is 2.38. The molecule has 9 atom stereocenters. The molecule has 3 aromatic rings. The van der Waals surface area contributed by atoms with Gasteiger partial charge in [0, 0.05) is 99.1 Å². The normalized spacial score (nSPS) is 21.1. The predicted octanol–water partition coefficient (Wildman–Crippen LogP) is 3.41. The Morgan fingerprint density at radius 3 is 2.26 bits per heavy atom. The fourth-order valence-electron chi connectivity index (χ4n) is 13.4. The van der Waals surface area contributed by atoms with E-state index in [0.717, 1.165) is 16.5 Å². The van der Waals surface area contributed by atoms with Crippen molar-refractivity contribution in [3.05, 3.63) is 74.5 Å². The zero-order valence-corrected chi connectivity index (χ0v) is 57.7. The SMILES string of the molecule is C=C1OCc2c(cc3n(c2=O)Cc2cc4c(CCCCOCNC(=O)[C@H](C)CC(=O)[C@@H](NC(=O)[C@H](CCC(=O)NC[C@H](O)[C@@H](O)[C@H](O)[C@H](O)CO)CC(=O)CCCCCSC5CC(=O)N(CC6CCC(C(=O)ON7C(=O)CCC7=O)CC6)C5=O)C(C)C)c(C)c(F)cc4nc2-3)[C@@]1(O)CC. The van der Waals surface area contributed by atoms with E-state index in [2.05, 4.69) is 22.5 Å². The molecule has 542 valence electrons. The predicted molar refractivity (Wildman–Crippen MR) is 356 cm³/mol. The van der Waals surface area contributed by atoms with Gasteiger partial charge < -0.3 is 65.5 Å². The number of Topliss-reactive ketones (excluding diaryl/α,β-unsaturated/α-hetero) is 2. The van der Waals surface area contributed by atoms with Crippen molar-refractivity contribution in [1.29, 1.82) is 0 Å². The molecule has 29 heteroatoms. The van der Waals surface area contributed by atoms with Gasteiger partial charge >= 0.3 is 5.97 Å². The molecule has 0 spiro atoms. The van der Waals surface area contributed by atoms with Gasteiger partial charge in [-0.05, 0) is 118 Å². The maximum atomic E-state index is 15.6. The molecule has 9 N–H and O–H groups in total. The van der Waals surface area contributed by atoms with Crippen LogP contribution in [-0.4, -0.2) is 184 Å². The number of likely N-dealkylation sites (tertiary alicyclic amines) is 1. The van der Waals surface area contributed by atoms with Gasteiger partial charge in [-0.1, -0.05) is 40.7 Å². The highest BCUT2D eigenvalue weighted by Crippen LogP contribution is 2.43. The summed E-state index contributed by atoms with van der Waals surface area (Å²) in [6, 6.07) is 3.97. The highest BCUT2D eigenvalue weighted by atomic mass is 32.2. The highest BCUT2D eigenvalue weighted by molar-refractivity contribution is 8.00. The van der Waals surface area contributed by atoms with Crippen molar-refractivity contribution < 1.29 is 97.3 Å². The Bertz CT molecular complexity index is 3600. The number of thioether (sulfide) groups is 1. The largest absolute Gasteiger partial charge is 0.490 e. The van der Waals surface area contributed by atoms with Crippen molar-refractivity contribution in [2.45, 2.75) is 211 Å². The summed E-state index contributed by atoms with van der Waals surface area (Å²) in [5.74, 6) is -7.80. The first kappa shape index (κ1) is 77.4. The molecule has 1 saturated carbocycles. The van der Waals surface area contributed by atoms with Crippen LogP contribution in [0.1, 0.15) is 171 Å². The van der Waals surface area contributed by atoms with Crippen LogP contribution in [-0.2, 0) is 87.4 Å². The Morgan fingerprint density at radius 1 is 0.869 bits per heavy atom. The molecular weight excluding hydrogens is 1310 g/mol. The van der Waals surface area contributed by atoms with Gasteiger partial charge in [-0.3, -0.25) is 52.8 Å². The molecule has 6 heterocycles. The summed E-state index contributed by atoms with van der Waals surface area (Å²) in [7, 11) is 0. The number of carbonyl (C=O) groups excluding carboxylic acids is 10. The highest BCUT2D eigenvalue weighted by Gasteiger charge is 2.44. The number of aromatic nitrogens is 2. The zero-order valence-electron chi connectivity index (χ0n) is 56.9. The van der Waals surface area contributed by atoms with Gasteiger partial charge in [-0.2, -0.15) is 0 Å². The number of carbonyl (C=O) groups is 10. The lowest BCUT2D eigenvalue weighted by Gasteiger charge is -2.35. The molecule has 8 rings (SSSR count). The number of hydroxylamine groups is 2. The molecule has 1 aliphatic carbocycles. The summed E-state index contributed by atoms with van der Waals surface area (Å²) < 4.78 is 28.5. The van der Waals surface area contributed by atoms with E-state index in [1.807, 2.05) is 6.07 Å². The van der Waals surface area contributed by atoms with E-state index in [4.69, 9.17) is 24.4 Å². The molecule has 1 unspecified atom stereocenters. The second kappa shape index (κ2) is 34.8. The standard InChI is InChI=1S/C70H94FN7O20S/c1-7-70(95)40(6)97-35-48-49(70)28-52-62-44(33-76(52)67(48)92)27-47-46(39(5)50(71)29-51(47)74-62)14-10-11-23-96-36-73-65(90)38(4)25-53(81)61(37(2)3)75-66(91)43(19-20-57(84)72-31-54(82)63(88)64(89)55(83)34-79)26-45(80)13-9-8-12-24-99-56-30-60(87)77(68(56)93)32-41-15-17-42(18-16-41)69(94)98-78-58(85)21-22-59(78)86/h27-29,37-38,41-43,54-56,61,63-64,79,82-83,88-89,95H,6-26,30-36H2,1-5H3,(H,72,84)(H,73,90)(H,75,91)/t38-,41?,42?,43-,54+,55-,56?,61+,63-,64-,70-/m1/s1. The van der Waals surface area contributed by atoms with Gasteiger partial charge in [-0.15, -0.1) is 16.8 Å². The van der Waals surface area contributed by atoms with Crippen molar-refractivity contribution in [2.75, 3.05) is 38.8 Å². The third-order valence-electron chi connectivity index (χ3n) is 19.7. The average Bonchev–Trinajstić information content (AvgIpc) is 1.68. The van der Waals surface area contributed by atoms with Crippen molar-refractivity contribution in [3.63, 3.8) is 0 Å². The van der Waals surface area contributed by atoms with Crippen LogP contribution < -0.4 is 21.5 Å². The van der Waals surface area contributed by atoms with Gasteiger partial charge in [-0.25, -0.2) is 14.2 Å². The number of rotatable bonds is 37. The first-order valence-corrected chi connectivity index (χ1v) is 35.4. The first-order chi connectivity index (χ1) is 47.1. The number of pyridine rings is 2. The molecule has 0 radical (unpaired) electrons. The lowest BCUT2D eigenvalue weighted by molar-refractivity contribution is -0.201. The van der Waals surface area contributed by atoms with Crippen LogP contribution in [0.25, 0.3) is 22.3 Å². The second-order valence-corrected chi connectivity index (χ2v) is 28.4. The van der Waals surface area contributed by atoms with Crippen LogP contribution in [0, 0.1) is 42.3 Å². The van der Waals surface area contributed by atoms with E-state index < -0.39 is 125 Å². The van der Waals surface area contributed by atoms with E-state index in [9.17, 15) is 78.3 Å². The number of imide groups is 2. The lowest BCUT2D eigenvalue weighted by atomic mass is 9.82. The molecule has 2 aromatic heterocycles. The topological polar surface area (TPSA) is 397 Å². The summed E-state index contributed by atoms with van der Waals surface area (Å²) >= 11 is 1.35. The number of aryl methyl sites for hydroxylation is 1. The van der Waals surface area contributed by atoms with E-state index in [0.29, 0.717) is 109 Å². The molecule has 0 bridgehead atoms. The minimum absolute atomic E-state index is 0.0103. The van der Waals surface area contributed by atoms with Crippen molar-refractivity contribution in [2.24, 2.45) is 29.6 Å². The van der Waals surface area contributed by atoms with E-state index in [-0.39, 0.29) is 126 Å². The summed E-state index contributed by atoms with van der Waals surface area (Å²) in [4.78, 5) is 156. The molecule has 5 aliphatic rings. The molecule has 7 amide bonds. The second-order valence-electron chi connectivity index (χ2n) is 27.1. The molecule has 3 fully saturated rings. The number of ketones is 2. The van der Waals surface area contributed by atoms with Crippen LogP contribution >= 0.6 is 11.8 Å². The van der Waals surface area contributed by atoms with Gasteiger partial charge in [0.2, 0.25) is 29.5 Å². The van der Waals surface area contributed by atoms with Crippen LogP contribution in [0.2, 0.25) is 0 Å². The third-order valence-corrected chi connectivity index (χ3v) is 21.0. The summed E-state index contributed by atoms with van der Waals surface area (Å²) in [6.07, 6.45) is -3.19. The fraction of sp³-hybridized carbons (Fsp3) is 0.629. The third kappa shape index (κ3) is 18.8. The minimum atomic E-state index is -1.95. The Balaban J connectivity index is 0.774. The first-order valence-electron chi connectivity index (χ1n) is 34.3. The smallest absolute Gasteiger partial charge is 0.336 e. The van der Waals surface area contributed by atoms with Crippen molar-refractivity contribution in [1.82, 2.24) is 35.5 Å². The Morgan fingerprint density at radius 2 is 1.58 bits per heavy atom.